The van der Waals surface area contributed by atoms with E-state index < -0.39 is 0 Å². The third-order valence-electron chi connectivity index (χ3n) is 2.29. The Kier molecular flexibility index (Phi) is 2.65. The van der Waals surface area contributed by atoms with Gasteiger partial charge in [0.05, 0.1) is 11.1 Å². The van der Waals surface area contributed by atoms with E-state index >= 15 is 0 Å². The van der Waals surface area contributed by atoms with Crippen LogP contribution in [0.4, 0.5) is 0 Å². The predicted molar refractivity (Wildman–Crippen MR) is 55.8 cm³/mol. The molecule has 0 radical (unpaired) electrons. The van der Waals surface area contributed by atoms with Crippen molar-refractivity contribution >= 4 is 15.9 Å². The second-order valence-electron chi connectivity index (χ2n) is 3.16. The SMILES string of the molecule is Cc1c(CO)cc(Br)c2c1OCCO2. The Labute approximate surface area is 90.8 Å². The van der Waals surface area contributed by atoms with Crippen LogP contribution in [0.3, 0.4) is 0 Å². The summed E-state index contributed by atoms with van der Waals surface area (Å²) in [4.78, 5) is 0. The lowest BCUT2D eigenvalue weighted by atomic mass is 10.1. The molecule has 0 aromatic heterocycles. The van der Waals surface area contributed by atoms with Crippen LogP contribution in [0.5, 0.6) is 11.5 Å². The van der Waals surface area contributed by atoms with E-state index in [-0.39, 0.29) is 6.61 Å². The molecule has 0 amide bonds. The highest BCUT2D eigenvalue weighted by atomic mass is 79.9. The Morgan fingerprint density at radius 3 is 2.64 bits per heavy atom. The number of ether oxygens (including phenoxy) is 2. The van der Waals surface area contributed by atoms with Gasteiger partial charge in [-0.05, 0) is 34.5 Å². The minimum atomic E-state index is 0.0150. The monoisotopic (exact) mass is 258 g/mol. The predicted octanol–water partition coefficient (Wildman–Crippen LogP) is 2.02. The normalized spacial score (nSPS) is 14.2. The zero-order valence-electron chi connectivity index (χ0n) is 7.84. The van der Waals surface area contributed by atoms with Crippen LogP contribution in [-0.2, 0) is 6.61 Å². The van der Waals surface area contributed by atoms with Gasteiger partial charge in [-0.15, -0.1) is 0 Å². The number of benzene rings is 1. The van der Waals surface area contributed by atoms with Gasteiger partial charge in [0, 0.05) is 5.56 Å². The first-order valence-electron chi connectivity index (χ1n) is 4.42. The zero-order valence-corrected chi connectivity index (χ0v) is 9.43. The summed E-state index contributed by atoms with van der Waals surface area (Å²) in [6, 6.07) is 1.86. The van der Waals surface area contributed by atoms with Crippen molar-refractivity contribution in [3.05, 3.63) is 21.7 Å². The number of fused-ring (bicyclic) bond motifs is 1. The minimum Gasteiger partial charge on any atom is -0.486 e. The molecule has 1 aromatic rings. The first-order valence-corrected chi connectivity index (χ1v) is 5.21. The van der Waals surface area contributed by atoms with Gasteiger partial charge in [0.25, 0.3) is 0 Å². The van der Waals surface area contributed by atoms with Crippen molar-refractivity contribution in [3.8, 4) is 11.5 Å². The van der Waals surface area contributed by atoms with Gasteiger partial charge in [-0.1, -0.05) is 0 Å². The molecule has 4 heteroatoms. The van der Waals surface area contributed by atoms with Gasteiger partial charge in [0.15, 0.2) is 11.5 Å². The standard InChI is InChI=1S/C10H11BrO3/c1-6-7(5-12)4-8(11)10-9(6)13-2-3-14-10/h4,12H,2-3,5H2,1H3. The minimum absolute atomic E-state index is 0.0150. The molecule has 0 saturated heterocycles. The summed E-state index contributed by atoms with van der Waals surface area (Å²) >= 11 is 3.39. The van der Waals surface area contributed by atoms with Crippen LogP contribution < -0.4 is 9.47 Å². The maximum atomic E-state index is 9.13. The van der Waals surface area contributed by atoms with Crippen molar-refractivity contribution in [2.24, 2.45) is 0 Å². The van der Waals surface area contributed by atoms with Gasteiger partial charge in [-0.25, -0.2) is 0 Å². The fourth-order valence-corrected chi connectivity index (χ4v) is 2.08. The van der Waals surface area contributed by atoms with Gasteiger partial charge < -0.3 is 14.6 Å². The summed E-state index contributed by atoms with van der Waals surface area (Å²) in [5, 5.41) is 9.13. The molecule has 1 aromatic carbocycles. The Bertz CT molecular complexity index is 363. The number of aliphatic hydroxyl groups excluding tert-OH is 1. The molecule has 0 fully saturated rings. The highest BCUT2D eigenvalue weighted by molar-refractivity contribution is 9.10. The zero-order chi connectivity index (χ0) is 10.1. The van der Waals surface area contributed by atoms with Crippen molar-refractivity contribution in [3.63, 3.8) is 0 Å². The third kappa shape index (κ3) is 1.48. The van der Waals surface area contributed by atoms with E-state index in [0.717, 1.165) is 27.1 Å². The van der Waals surface area contributed by atoms with Gasteiger partial charge >= 0.3 is 0 Å². The molecule has 0 aliphatic carbocycles. The van der Waals surface area contributed by atoms with E-state index in [1.807, 2.05) is 13.0 Å². The van der Waals surface area contributed by atoms with Crippen LogP contribution in [-0.4, -0.2) is 18.3 Å². The van der Waals surface area contributed by atoms with Crippen LogP contribution in [0.2, 0.25) is 0 Å². The lowest BCUT2D eigenvalue weighted by molar-refractivity contribution is 0.168. The van der Waals surface area contributed by atoms with Crippen molar-refractivity contribution in [2.45, 2.75) is 13.5 Å². The number of hydrogen-bond donors (Lipinski definition) is 1. The second-order valence-corrected chi connectivity index (χ2v) is 4.01. The summed E-state index contributed by atoms with van der Waals surface area (Å²) in [5.74, 6) is 1.49. The average Bonchev–Trinajstić information content (AvgIpc) is 2.23. The van der Waals surface area contributed by atoms with Gasteiger partial charge in [-0.2, -0.15) is 0 Å². The average molecular weight is 259 g/mol. The smallest absolute Gasteiger partial charge is 0.175 e. The van der Waals surface area contributed by atoms with Crippen LogP contribution >= 0.6 is 15.9 Å². The molecule has 76 valence electrons. The Balaban J connectivity index is 2.58. The van der Waals surface area contributed by atoms with E-state index in [1.54, 1.807) is 0 Å². The van der Waals surface area contributed by atoms with Crippen LogP contribution in [0.15, 0.2) is 10.5 Å². The highest BCUT2D eigenvalue weighted by Gasteiger charge is 2.19. The highest BCUT2D eigenvalue weighted by Crippen LogP contribution is 2.41. The summed E-state index contributed by atoms with van der Waals surface area (Å²) in [6.07, 6.45) is 0. The van der Waals surface area contributed by atoms with Crippen molar-refractivity contribution in [1.82, 2.24) is 0 Å². The molecule has 1 aliphatic heterocycles. The maximum Gasteiger partial charge on any atom is 0.175 e. The van der Waals surface area contributed by atoms with Crippen molar-refractivity contribution in [2.75, 3.05) is 13.2 Å². The number of hydrogen-bond acceptors (Lipinski definition) is 3. The van der Waals surface area contributed by atoms with Crippen LogP contribution in [0, 0.1) is 6.92 Å². The Morgan fingerprint density at radius 1 is 1.36 bits per heavy atom. The Morgan fingerprint density at radius 2 is 2.00 bits per heavy atom. The fraction of sp³-hybridized carbons (Fsp3) is 0.400. The van der Waals surface area contributed by atoms with E-state index in [1.165, 1.54) is 0 Å². The quantitative estimate of drug-likeness (QED) is 0.838. The van der Waals surface area contributed by atoms with E-state index in [0.29, 0.717) is 13.2 Å². The van der Waals surface area contributed by atoms with Crippen molar-refractivity contribution in [1.29, 1.82) is 0 Å². The first-order chi connectivity index (χ1) is 6.74. The topological polar surface area (TPSA) is 38.7 Å². The number of halogens is 1. The molecule has 1 heterocycles. The largest absolute Gasteiger partial charge is 0.486 e. The number of rotatable bonds is 1. The van der Waals surface area contributed by atoms with Gasteiger partial charge in [-0.3, -0.25) is 0 Å². The van der Waals surface area contributed by atoms with Crippen LogP contribution in [0.1, 0.15) is 11.1 Å². The van der Waals surface area contributed by atoms with Crippen LogP contribution in [0.25, 0.3) is 0 Å². The van der Waals surface area contributed by atoms with Gasteiger partial charge in [0.1, 0.15) is 13.2 Å². The lowest BCUT2D eigenvalue weighted by Gasteiger charge is -2.22. The molecule has 0 unspecified atom stereocenters. The molecule has 3 nitrogen and oxygen atoms in total. The maximum absolute atomic E-state index is 9.13. The molecular weight excluding hydrogens is 248 g/mol. The summed E-state index contributed by atoms with van der Waals surface area (Å²) in [7, 11) is 0. The fourth-order valence-electron chi connectivity index (χ4n) is 1.51. The molecule has 0 spiro atoms. The molecule has 2 rings (SSSR count). The van der Waals surface area contributed by atoms with Crippen molar-refractivity contribution < 1.29 is 14.6 Å². The lowest BCUT2D eigenvalue weighted by Crippen LogP contribution is -2.17. The molecule has 1 N–H and O–H groups in total. The third-order valence-corrected chi connectivity index (χ3v) is 2.88. The summed E-state index contributed by atoms with van der Waals surface area (Å²) in [5.41, 5.74) is 1.81. The first kappa shape index (κ1) is 9.80. The molecular formula is C10H11BrO3. The Hall–Kier alpha value is -0.740. The number of aliphatic hydroxyl groups is 1. The van der Waals surface area contributed by atoms with E-state index in [9.17, 15) is 0 Å². The molecule has 0 atom stereocenters. The van der Waals surface area contributed by atoms with Gasteiger partial charge in [0.2, 0.25) is 0 Å². The molecule has 1 aliphatic rings. The summed E-state index contributed by atoms with van der Waals surface area (Å²) in [6.45, 7) is 3.07. The van der Waals surface area contributed by atoms with E-state index in [4.69, 9.17) is 14.6 Å². The molecule has 0 bridgehead atoms. The van der Waals surface area contributed by atoms with E-state index in [2.05, 4.69) is 15.9 Å². The molecule has 0 saturated carbocycles. The summed E-state index contributed by atoms with van der Waals surface area (Å²) < 4.78 is 11.8. The second kappa shape index (κ2) is 3.79. The molecule has 14 heavy (non-hydrogen) atoms.